The first kappa shape index (κ1) is 33.8. The Morgan fingerprint density at radius 2 is 1.49 bits per heavy atom. The summed E-state index contributed by atoms with van der Waals surface area (Å²) in [5.41, 5.74) is 0.962. The molecule has 11 heteroatoms. The molecule has 1 saturated carbocycles. The number of likely N-dealkylation sites (tertiary alicyclic amines) is 2. The first-order valence-electron chi connectivity index (χ1n) is 17.0. The number of rotatable bonds is 6. The number of fused-ring (bicyclic) bond motifs is 1. The van der Waals surface area contributed by atoms with Gasteiger partial charge in [-0.2, -0.15) is 0 Å². The third-order valence-corrected chi connectivity index (χ3v) is 11.5. The maximum absolute atomic E-state index is 15.2. The number of piperidine rings is 1. The number of benzene rings is 2. The fourth-order valence-electron chi connectivity index (χ4n) is 7.89. The minimum Gasteiger partial charge on any atom is -0.493 e. The summed E-state index contributed by atoms with van der Waals surface area (Å²) in [4.78, 5) is 44.1. The largest absolute Gasteiger partial charge is 0.493 e. The molecule has 7 rings (SSSR count). The molecule has 3 amide bonds. The number of ether oxygens (including phenoxy) is 1. The van der Waals surface area contributed by atoms with Crippen LogP contribution in [0.3, 0.4) is 0 Å². The predicted molar refractivity (Wildman–Crippen MR) is 190 cm³/mol. The van der Waals surface area contributed by atoms with Crippen molar-refractivity contribution < 1.29 is 19.4 Å². The van der Waals surface area contributed by atoms with E-state index in [1.54, 1.807) is 11.1 Å². The fraction of sp³-hybridized carbons (Fsp3) is 0.474. The molecular formula is C38H43Cl2N5O4. The molecule has 3 aromatic rings. The summed E-state index contributed by atoms with van der Waals surface area (Å²) in [7, 11) is 0. The first-order chi connectivity index (χ1) is 23.2. The Balaban J connectivity index is 1.35. The van der Waals surface area contributed by atoms with Crippen molar-refractivity contribution in [1.29, 1.82) is 0 Å². The zero-order valence-corrected chi connectivity index (χ0v) is 30.3. The Kier molecular flexibility index (Phi) is 8.28. The molecule has 9 nitrogen and oxygen atoms in total. The lowest BCUT2D eigenvalue weighted by molar-refractivity contribution is -0.143. The van der Waals surface area contributed by atoms with Gasteiger partial charge in [0.1, 0.15) is 22.7 Å². The highest BCUT2D eigenvalue weighted by Gasteiger charge is 2.65. The molecular weight excluding hydrogens is 661 g/mol. The van der Waals surface area contributed by atoms with Crippen LogP contribution in [0.25, 0.3) is 0 Å². The molecule has 1 aliphatic carbocycles. The number of carbonyl (C=O) groups excluding carboxylic acids is 2. The van der Waals surface area contributed by atoms with Crippen molar-refractivity contribution >= 4 is 41.0 Å². The number of hydrogen-bond acceptors (Lipinski definition) is 6. The van der Waals surface area contributed by atoms with E-state index >= 15 is 4.79 Å². The number of hydrogen-bond donors (Lipinski definition) is 1. The van der Waals surface area contributed by atoms with E-state index in [1.807, 2.05) is 78.2 Å². The molecule has 0 spiro atoms. The van der Waals surface area contributed by atoms with Crippen LogP contribution in [0, 0.1) is 17.8 Å². The lowest BCUT2D eigenvalue weighted by atomic mass is 9.71. The SMILES string of the molecule is CCOc1cc(C(C)(C)C)ncc1C1=NC(C)(c2ccc(Cl)cc2)C(C)(c2ccc(Cl)cc2)N1C(=O)N1C[C@@H]2C(C(=O)N3CC(O)C3)[C@@H]2C1. The standard InChI is InChI=1S/C38H43Cl2N5O4/c1-7-49-30-16-31(36(2,3)4)41-17-27(30)33-42-37(5,22-8-12-24(39)13-9-22)38(6,23-10-14-25(40)15-11-23)45(33)35(48)44-20-28-29(21-44)32(28)34(47)43-18-26(46)19-43/h8-17,26,28-29,32,46H,7,18-21H2,1-6H3/t28-,29+,32?,37?,38?. The third-order valence-electron chi connectivity index (χ3n) is 11.0. The van der Waals surface area contributed by atoms with E-state index in [0.717, 1.165) is 16.8 Å². The summed E-state index contributed by atoms with van der Waals surface area (Å²) in [6.45, 7) is 14.5. The second-order valence-electron chi connectivity index (χ2n) is 15.1. The van der Waals surface area contributed by atoms with Gasteiger partial charge in [0.15, 0.2) is 0 Å². The molecule has 2 saturated heterocycles. The topological polar surface area (TPSA) is 98.6 Å². The number of aromatic nitrogens is 1. The van der Waals surface area contributed by atoms with Gasteiger partial charge in [0.25, 0.3) is 0 Å². The Hall–Kier alpha value is -3.66. The van der Waals surface area contributed by atoms with Crippen LogP contribution < -0.4 is 4.74 Å². The van der Waals surface area contributed by atoms with Crippen molar-refractivity contribution in [3.05, 3.63) is 93.2 Å². The number of halogens is 2. The van der Waals surface area contributed by atoms with E-state index in [9.17, 15) is 9.90 Å². The number of aliphatic hydroxyl groups excluding tert-OH is 1. The van der Waals surface area contributed by atoms with Gasteiger partial charge in [-0.3, -0.25) is 19.7 Å². The van der Waals surface area contributed by atoms with Gasteiger partial charge in [-0.05, 0) is 68.0 Å². The highest BCUT2D eigenvalue weighted by molar-refractivity contribution is 6.30. The van der Waals surface area contributed by atoms with E-state index in [1.165, 1.54) is 0 Å². The van der Waals surface area contributed by atoms with Gasteiger partial charge in [0, 0.05) is 65.5 Å². The van der Waals surface area contributed by atoms with Gasteiger partial charge >= 0.3 is 6.03 Å². The minimum absolute atomic E-state index is 0.0866. The van der Waals surface area contributed by atoms with Gasteiger partial charge in [-0.25, -0.2) is 4.79 Å². The average Bonchev–Trinajstić information content (AvgIpc) is 3.42. The molecule has 1 N–H and O–H groups in total. The normalized spacial score (nSPS) is 27.9. The van der Waals surface area contributed by atoms with E-state index in [0.29, 0.717) is 60.0 Å². The van der Waals surface area contributed by atoms with E-state index < -0.39 is 17.2 Å². The Labute approximate surface area is 297 Å². The van der Waals surface area contributed by atoms with Crippen molar-refractivity contribution in [3.8, 4) is 5.75 Å². The molecule has 0 bridgehead atoms. The zero-order chi connectivity index (χ0) is 35.0. The first-order valence-corrected chi connectivity index (χ1v) is 17.7. The molecule has 3 unspecified atom stereocenters. The number of aliphatic hydroxyl groups is 1. The number of β-amino-alcohol motifs (C(OH)–C–C–N with tert-alkyl or cyclic N) is 1. The van der Waals surface area contributed by atoms with Crippen LogP contribution in [0.2, 0.25) is 10.0 Å². The van der Waals surface area contributed by atoms with Crippen LogP contribution in [0.5, 0.6) is 5.75 Å². The molecule has 3 fully saturated rings. The van der Waals surface area contributed by atoms with Crippen molar-refractivity contribution in [2.75, 3.05) is 32.8 Å². The summed E-state index contributed by atoms with van der Waals surface area (Å²) in [6, 6.07) is 17.0. The quantitative estimate of drug-likeness (QED) is 0.317. The second kappa shape index (κ2) is 12.0. The van der Waals surface area contributed by atoms with Crippen LogP contribution in [-0.4, -0.2) is 81.5 Å². The van der Waals surface area contributed by atoms with Crippen LogP contribution in [0.15, 0.2) is 65.8 Å². The van der Waals surface area contributed by atoms with Gasteiger partial charge in [0.2, 0.25) is 5.91 Å². The number of aliphatic imine (C=N–C) groups is 1. The van der Waals surface area contributed by atoms with E-state index in [4.69, 9.17) is 37.9 Å². The molecule has 49 heavy (non-hydrogen) atoms. The second-order valence-corrected chi connectivity index (χ2v) is 16.0. The fourth-order valence-corrected chi connectivity index (χ4v) is 8.15. The van der Waals surface area contributed by atoms with Gasteiger partial charge in [-0.1, -0.05) is 68.2 Å². The number of amides is 3. The molecule has 4 aliphatic rings. The van der Waals surface area contributed by atoms with Crippen molar-refractivity contribution in [3.63, 3.8) is 0 Å². The van der Waals surface area contributed by atoms with Gasteiger partial charge in [0.05, 0.1) is 18.3 Å². The smallest absolute Gasteiger partial charge is 0.326 e. The van der Waals surface area contributed by atoms with E-state index in [2.05, 4.69) is 27.7 Å². The van der Waals surface area contributed by atoms with Gasteiger partial charge in [-0.15, -0.1) is 0 Å². The number of pyridine rings is 1. The highest BCUT2D eigenvalue weighted by Crippen LogP contribution is 2.57. The van der Waals surface area contributed by atoms with Crippen molar-refractivity contribution in [1.82, 2.24) is 19.7 Å². The molecule has 1 aromatic heterocycles. The summed E-state index contributed by atoms with van der Waals surface area (Å²) in [5, 5.41) is 10.9. The summed E-state index contributed by atoms with van der Waals surface area (Å²) in [6.07, 6.45) is 1.33. The van der Waals surface area contributed by atoms with Crippen LogP contribution in [0.4, 0.5) is 4.79 Å². The maximum Gasteiger partial charge on any atom is 0.326 e. The lowest BCUT2D eigenvalue weighted by Crippen LogP contribution is -2.58. The predicted octanol–water partition coefficient (Wildman–Crippen LogP) is 6.48. The summed E-state index contributed by atoms with van der Waals surface area (Å²) >= 11 is 12.8. The van der Waals surface area contributed by atoms with Crippen LogP contribution in [0.1, 0.15) is 63.9 Å². The van der Waals surface area contributed by atoms with E-state index in [-0.39, 0.29) is 35.1 Å². The number of carbonyl (C=O) groups is 2. The zero-order valence-electron chi connectivity index (χ0n) is 28.8. The molecule has 2 aromatic carbocycles. The average molecular weight is 705 g/mol. The van der Waals surface area contributed by atoms with Gasteiger partial charge < -0.3 is 19.6 Å². The molecule has 5 atom stereocenters. The third kappa shape index (κ3) is 5.49. The molecule has 0 radical (unpaired) electrons. The molecule has 3 aliphatic heterocycles. The van der Waals surface area contributed by atoms with Crippen LogP contribution in [-0.2, 0) is 21.3 Å². The van der Waals surface area contributed by atoms with Crippen molar-refractivity contribution in [2.24, 2.45) is 22.7 Å². The highest BCUT2D eigenvalue weighted by atomic mass is 35.5. The van der Waals surface area contributed by atoms with Crippen molar-refractivity contribution in [2.45, 2.75) is 64.1 Å². The summed E-state index contributed by atoms with van der Waals surface area (Å²) in [5.74, 6) is 1.22. The maximum atomic E-state index is 15.2. The molecule has 258 valence electrons. The Bertz CT molecular complexity index is 1810. The minimum atomic E-state index is -1.04. The monoisotopic (exact) mass is 703 g/mol. The number of amidine groups is 1. The Morgan fingerprint density at radius 3 is 2.02 bits per heavy atom. The number of urea groups is 1. The number of nitrogens with zero attached hydrogens (tertiary/aromatic N) is 5. The lowest BCUT2D eigenvalue weighted by Gasteiger charge is -2.46. The molecule has 4 heterocycles. The Morgan fingerprint density at radius 1 is 0.918 bits per heavy atom. The summed E-state index contributed by atoms with van der Waals surface area (Å²) < 4.78 is 6.26. The van der Waals surface area contributed by atoms with Crippen LogP contribution >= 0.6 is 23.2 Å².